The number of benzene rings is 1. The van der Waals surface area contributed by atoms with Gasteiger partial charge in [0.15, 0.2) is 0 Å². The third kappa shape index (κ3) is 3.64. The van der Waals surface area contributed by atoms with Crippen LogP contribution in [0, 0.1) is 0 Å². The van der Waals surface area contributed by atoms with Gasteiger partial charge in [0.2, 0.25) is 0 Å². The first-order valence-corrected chi connectivity index (χ1v) is 6.79. The topological polar surface area (TPSA) is 30.5 Å². The van der Waals surface area contributed by atoms with Crippen LogP contribution in [0.2, 0.25) is 0 Å². The molecule has 0 aliphatic heterocycles. The summed E-state index contributed by atoms with van der Waals surface area (Å²) < 4.78 is 11.6. The van der Waals surface area contributed by atoms with E-state index in [0.29, 0.717) is 12.6 Å². The van der Waals surface area contributed by atoms with E-state index in [4.69, 9.17) is 9.47 Å². The van der Waals surface area contributed by atoms with Crippen molar-refractivity contribution >= 4 is 0 Å². The van der Waals surface area contributed by atoms with Crippen LogP contribution in [-0.4, -0.2) is 24.8 Å². The second kappa shape index (κ2) is 5.61. The minimum Gasteiger partial charge on any atom is -0.494 e. The monoisotopic (exact) mass is 249 g/mol. The first-order valence-electron chi connectivity index (χ1n) is 6.79. The van der Waals surface area contributed by atoms with Crippen LogP contribution in [0.25, 0.3) is 0 Å². The molecule has 0 bridgehead atoms. The molecule has 3 heteroatoms. The zero-order valence-electron chi connectivity index (χ0n) is 11.5. The predicted octanol–water partition coefficient (Wildman–Crippen LogP) is 2.99. The summed E-state index contributed by atoms with van der Waals surface area (Å²) in [6, 6.07) is 8.41. The van der Waals surface area contributed by atoms with E-state index in [2.05, 4.69) is 19.2 Å². The zero-order chi connectivity index (χ0) is 13.0. The Kier molecular flexibility index (Phi) is 4.12. The lowest BCUT2D eigenvalue weighted by Gasteiger charge is -2.20. The maximum Gasteiger partial charge on any atom is 0.123 e. The second-order valence-corrected chi connectivity index (χ2v) is 5.23. The van der Waals surface area contributed by atoms with Crippen molar-refractivity contribution < 1.29 is 9.47 Å². The molecule has 0 aromatic heterocycles. The van der Waals surface area contributed by atoms with E-state index >= 15 is 0 Å². The maximum absolute atomic E-state index is 6.11. The average molecular weight is 249 g/mol. The van der Waals surface area contributed by atoms with Gasteiger partial charge in [0, 0.05) is 18.7 Å². The molecule has 0 radical (unpaired) electrons. The van der Waals surface area contributed by atoms with E-state index < -0.39 is 0 Å². The van der Waals surface area contributed by atoms with Gasteiger partial charge in [0.1, 0.15) is 17.1 Å². The molecule has 100 valence electrons. The number of ether oxygens (including phenoxy) is 2. The molecule has 1 aromatic carbocycles. The molecule has 1 fully saturated rings. The summed E-state index contributed by atoms with van der Waals surface area (Å²) in [6.45, 7) is 7.91. The highest BCUT2D eigenvalue weighted by Gasteiger charge is 2.45. The highest BCUT2D eigenvalue weighted by molar-refractivity contribution is 5.34. The first-order chi connectivity index (χ1) is 8.63. The van der Waals surface area contributed by atoms with Crippen LogP contribution in [0.15, 0.2) is 24.3 Å². The van der Waals surface area contributed by atoms with Gasteiger partial charge in [-0.1, -0.05) is 19.9 Å². The summed E-state index contributed by atoms with van der Waals surface area (Å²) in [5.74, 6) is 1.78. The van der Waals surface area contributed by atoms with Crippen LogP contribution in [-0.2, 0) is 0 Å². The Morgan fingerprint density at radius 2 is 2.00 bits per heavy atom. The van der Waals surface area contributed by atoms with Gasteiger partial charge < -0.3 is 14.8 Å². The van der Waals surface area contributed by atoms with Crippen LogP contribution in [0.4, 0.5) is 0 Å². The number of hydrogen-bond acceptors (Lipinski definition) is 3. The first kappa shape index (κ1) is 13.2. The summed E-state index contributed by atoms with van der Waals surface area (Å²) in [7, 11) is 0. The molecule has 1 N–H and O–H groups in total. The van der Waals surface area contributed by atoms with Gasteiger partial charge in [-0.25, -0.2) is 0 Å². The molecule has 0 heterocycles. The molecule has 0 amide bonds. The summed E-state index contributed by atoms with van der Waals surface area (Å²) in [5.41, 5.74) is 0.00904. The summed E-state index contributed by atoms with van der Waals surface area (Å²) in [6.07, 6.45) is 2.26. The fraction of sp³-hybridized carbons (Fsp3) is 0.600. The predicted molar refractivity (Wildman–Crippen MR) is 73.3 cm³/mol. The van der Waals surface area contributed by atoms with Crippen molar-refractivity contribution in [2.75, 3.05) is 13.2 Å². The number of hydrogen-bond donors (Lipinski definition) is 1. The minimum atomic E-state index is 0.00904. The van der Waals surface area contributed by atoms with Gasteiger partial charge in [-0.3, -0.25) is 0 Å². The third-order valence-electron chi connectivity index (χ3n) is 3.09. The molecule has 1 aliphatic carbocycles. The third-order valence-corrected chi connectivity index (χ3v) is 3.09. The molecule has 3 nitrogen and oxygen atoms in total. The molecular weight excluding hydrogens is 226 g/mol. The van der Waals surface area contributed by atoms with Crippen LogP contribution in [0.5, 0.6) is 11.5 Å². The standard InChI is InChI=1S/C15H23NO2/c1-4-17-13-6-5-7-14(10-13)18-15(8-9-15)11-16-12(2)3/h5-7,10,12,16H,4,8-9,11H2,1-3H3. The van der Waals surface area contributed by atoms with Crippen molar-refractivity contribution in [1.82, 2.24) is 5.32 Å². The van der Waals surface area contributed by atoms with E-state index in [9.17, 15) is 0 Å². The Labute approximate surface area is 109 Å². The van der Waals surface area contributed by atoms with Crippen LogP contribution < -0.4 is 14.8 Å². The van der Waals surface area contributed by atoms with Crippen molar-refractivity contribution in [1.29, 1.82) is 0 Å². The van der Waals surface area contributed by atoms with Crippen molar-refractivity contribution in [3.8, 4) is 11.5 Å². The molecule has 1 aliphatic rings. The van der Waals surface area contributed by atoms with E-state index in [1.54, 1.807) is 0 Å². The van der Waals surface area contributed by atoms with E-state index in [1.807, 2.05) is 31.2 Å². The van der Waals surface area contributed by atoms with E-state index in [1.165, 1.54) is 0 Å². The van der Waals surface area contributed by atoms with Gasteiger partial charge in [0.25, 0.3) is 0 Å². The normalized spacial score (nSPS) is 16.7. The van der Waals surface area contributed by atoms with Crippen LogP contribution in [0.3, 0.4) is 0 Å². The lowest BCUT2D eigenvalue weighted by molar-refractivity contribution is 0.171. The molecule has 0 spiro atoms. The van der Waals surface area contributed by atoms with Gasteiger partial charge >= 0.3 is 0 Å². The minimum absolute atomic E-state index is 0.00904. The lowest BCUT2D eigenvalue weighted by atomic mass is 10.2. The van der Waals surface area contributed by atoms with Gasteiger partial charge in [-0.05, 0) is 31.9 Å². The van der Waals surface area contributed by atoms with Crippen molar-refractivity contribution in [2.45, 2.75) is 45.3 Å². The maximum atomic E-state index is 6.11. The summed E-state index contributed by atoms with van der Waals surface area (Å²) in [4.78, 5) is 0. The highest BCUT2D eigenvalue weighted by atomic mass is 16.5. The Hall–Kier alpha value is -1.22. The van der Waals surface area contributed by atoms with Crippen LogP contribution >= 0.6 is 0 Å². The molecular formula is C15H23NO2. The van der Waals surface area contributed by atoms with E-state index in [0.717, 1.165) is 30.9 Å². The average Bonchev–Trinajstić information content (AvgIpc) is 3.08. The van der Waals surface area contributed by atoms with Gasteiger partial charge in [0.05, 0.1) is 6.61 Å². The van der Waals surface area contributed by atoms with Gasteiger partial charge in [-0.15, -0.1) is 0 Å². The Bertz CT molecular complexity index is 386. The Morgan fingerprint density at radius 1 is 1.28 bits per heavy atom. The SMILES string of the molecule is CCOc1cccc(OC2(CNC(C)C)CC2)c1. The summed E-state index contributed by atoms with van der Waals surface area (Å²) >= 11 is 0. The molecule has 0 saturated heterocycles. The fourth-order valence-electron chi connectivity index (χ4n) is 1.89. The molecule has 2 rings (SSSR count). The largest absolute Gasteiger partial charge is 0.494 e. The number of nitrogens with one attached hydrogen (secondary N) is 1. The lowest BCUT2D eigenvalue weighted by Crippen LogP contribution is -2.36. The quantitative estimate of drug-likeness (QED) is 0.806. The van der Waals surface area contributed by atoms with Crippen molar-refractivity contribution in [3.63, 3.8) is 0 Å². The van der Waals surface area contributed by atoms with Gasteiger partial charge in [-0.2, -0.15) is 0 Å². The molecule has 0 unspecified atom stereocenters. The second-order valence-electron chi connectivity index (χ2n) is 5.23. The fourth-order valence-corrected chi connectivity index (χ4v) is 1.89. The molecule has 18 heavy (non-hydrogen) atoms. The molecule has 1 aromatic rings. The Morgan fingerprint density at radius 3 is 2.61 bits per heavy atom. The Balaban J connectivity index is 1.94. The van der Waals surface area contributed by atoms with E-state index in [-0.39, 0.29) is 5.60 Å². The molecule has 1 saturated carbocycles. The zero-order valence-corrected chi connectivity index (χ0v) is 11.5. The van der Waals surface area contributed by atoms with Crippen molar-refractivity contribution in [3.05, 3.63) is 24.3 Å². The smallest absolute Gasteiger partial charge is 0.123 e. The molecule has 0 atom stereocenters. The van der Waals surface area contributed by atoms with Crippen molar-refractivity contribution in [2.24, 2.45) is 0 Å². The highest BCUT2D eigenvalue weighted by Crippen LogP contribution is 2.40. The van der Waals surface area contributed by atoms with Crippen LogP contribution in [0.1, 0.15) is 33.6 Å². The summed E-state index contributed by atoms with van der Waals surface area (Å²) in [5, 5.41) is 3.45. The number of rotatable bonds is 7.